The molecule has 0 saturated carbocycles. The molecule has 0 heterocycles. The highest BCUT2D eigenvalue weighted by Gasteiger charge is 2.16. The molecule has 0 saturated heterocycles. The van der Waals surface area contributed by atoms with E-state index in [9.17, 15) is 0 Å². The lowest BCUT2D eigenvalue weighted by Crippen LogP contribution is -2.35. The minimum Gasteiger partial charge on any atom is -0.318 e. The first-order valence-electron chi connectivity index (χ1n) is 4.08. The van der Waals surface area contributed by atoms with Gasteiger partial charge >= 0.3 is 0 Å². The largest absolute Gasteiger partial charge is 0.318 e. The van der Waals surface area contributed by atoms with Gasteiger partial charge in [0.2, 0.25) is 0 Å². The van der Waals surface area contributed by atoms with Gasteiger partial charge in [-0.3, -0.25) is 0 Å². The molecular weight excluding hydrogens is 134 g/mol. The monoisotopic (exact) mass is 149 g/mol. The Kier molecular flexibility index (Phi) is 2.66. The van der Waals surface area contributed by atoms with Crippen molar-refractivity contribution in [1.29, 1.82) is 0 Å². The molecule has 2 N–H and O–H groups in total. The van der Waals surface area contributed by atoms with Crippen molar-refractivity contribution >= 4 is 0 Å². The fraction of sp³-hybridized carbons (Fsp3) is 0.400. The van der Waals surface area contributed by atoms with Gasteiger partial charge in [0.15, 0.2) is 0 Å². The smallest absolute Gasteiger partial charge is 0.0563 e. The van der Waals surface area contributed by atoms with Gasteiger partial charge < -0.3 is 5.73 Å². The summed E-state index contributed by atoms with van der Waals surface area (Å²) < 4.78 is 0. The van der Waals surface area contributed by atoms with Gasteiger partial charge in [-0.1, -0.05) is 43.4 Å². The zero-order valence-corrected chi connectivity index (χ0v) is 6.96. The van der Waals surface area contributed by atoms with Gasteiger partial charge in [-0.05, 0) is 12.8 Å². The second kappa shape index (κ2) is 3.54. The Balaban J connectivity index is 2.60. The number of hydrogen-bond donors (Lipinski definition) is 1. The summed E-state index contributed by atoms with van der Waals surface area (Å²) in [5.74, 6) is 0. The van der Waals surface area contributed by atoms with Gasteiger partial charge in [-0.2, -0.15) is 0 Å². The van der Waals surface area contributed by atoms with Gasteiger partial charge in [0.25, 0.3) is 0 Å². The number of nitrogens with two attached hydrogens (primary N) is 1. The summed E-state index contributed by atoms with van der Waals surface area (Å²) in [5, 5.41) is 0. The fourth-order valence-electron chi connectivity index (χ4n) is 1.11. The summed E-state index contributed by atoms with van der Waals surface area (Å²) in [6.45, 7) is 2.11. The van der Waals surface area contributed by atoms with Crippen molar-refractivity contribution in [3.05, 3.63) is 36.5 Å². The quantitative estimate of drug-likeness (QED) is 0.598. The highest BCUT2D eigenvalue weighted by molar-refractivity contribution is 5.26. The molecular formula is C10H15N. The maximum absolute atomic E-state index is 6.02. The van der Waals surface area contributed by atoms with Gasteiger partial charge in [-0.25, -0.2) is 0 Å². The Bertz CT molecular complexity index is 201. The van der Waals surface area contributed by atoms with E-state index in [-0.39, 0.29) is 5.54 Å². The van der Waals surface area contributed by atoms with Crippen molar-refractivity contribution in [3.63, 3.8) is 0 Å². The molecule has 1 rings (SSSR count). The van der Waals surface area contributed by atoms with Crippen LogP contribution in [0.1, 0.15) is 19.8 Å². The molecule has 0 bridgehead atoms. The first-order chi connectivity index (χ1) is 5.27. The molecule has 0 aliphatic heterocycles. The molecule has 0 aromatic rings. The Morgan fingerprint density at radius 2 is 2.36 bits per heavy atom. The van der Waals surface area contributed by atoms with Crippen LogP contribution in [0.3, 0.4) is 0 Å². The maximum Gasteiger partial charge on any atom is 0.0563 e. The van der Waals surface area contributed by atoms with Crippen LogP contribution in [0.2, 0.25) is 0 Å². The van der Waals surface area contributed by atoms with Crippen LogP contribution in [0.15, 0.2) is 36.5 Å². The van der Waals surface area contributed by atoms with Crippen molar-refractivity contribution < 1.29 is 0 Å². The Labute approximate surface area is 68.3 Å². The summed E-state index contributed by atoms with van der Waals surface area (Å²) in [5.41, 5.74) is 5.80. The molecule has 0 amide bonds. The van der Waals surface area contributed by atoms with E-state index in [1.165, 1.54) is 0 Å². The molecule has 0 aromatic heterocycles. The molecule has 1 nitrogen and oxygen atoms in total. The van der Waals surface area contributed by atoms with Gasteiger partial charge in [-0.15, -0.1) is 0 Å². The average molecular weight is 149 g/mol. The van der Waals surface area contributed by atoms with E-state index in [4.69, 9.17) is 5.73 Å². The molecule has 11 heavy (non-hydrogen) atoms. The van der Waals surface area contributed by atoms with E-state index in [2.05, 4.69) is 25.2 Å². The Morgan fingerprint density at radius 1 is 1.55 bits per heavy atom. The normalized spacial score (nSPS) is 30.0. The topological polar surface area (TPSA) is 26.0 Å². The van der Waals surface area contributed by atoms with E-state index in [0.29, 0.717) is 0 Å². The highest BCUT2D eigenvalue weighted by atomic mass is 14.7. The number of hydrogen-bond acceptors (Lipinski definition) is 1. The van der Waals surface area contributed by atoms with E-state index in [1.54, 1.807) is 0 Å². The molecule has 0 aromatic carbocycles. The molecule has 1 aliphatic carbocycles. The third-order valence-corrected chi connectivity index (χ3v) is 1.79. The molecule has 1 heteroatoms. The molecule has 1 unspecified atom stereocenters. The van der Waals surface area contributed by atoms with Crippen LogP contribution in [0.4, 0.5) is 0 Å². The fourth-order valence-corrected chi connectivity index (χ4v) is 1.11. The lowest BCUT2D eigenvalue weighted by atomic mass is 9.92. The van der Waals surface area contributed by atoms with Crippen molar-refractivity contribution in [2.24, 2.45) is 5.73 Å². The van der Waals surface area contributed by atoms with Gasteiger partial charge in [0.05, 0.1) is 5.54 Å². The highest BCUT2D eigenvalue weighted by Crippen LogP contribution is 2.15. The Hall–Kier alpha value is -0.820. The van der Waals surface area contributed by atoms with Crippen molar-refractivity contribution in [1.82, 2.24) is 0 Å². The molecule has 0 fully saturated rings. The summed E-state index contributed by atoms with van der Waals surface area (Å²) in [7, 11) is 0. The van der Waals surface area contributed by atoms with Gasteiger partial charge in [0.1, 0.15) is 0 Å². The minimum absolute atomic E-state index is 0.217. The van der Waals surface area contributed by atoms with Crippen molar-refractivity contribution in [2.45, 2.75) is 25.3 Å². The lowest BCUT2D eigenvalue weighted by Gasteiger charge is -2.21. The van der Waals surface area contributed by atoms with Crippen molar-refractivity contribution in [3.8, 4) is 0 Å². The van der Waals surface area contributed by atoms with E-state index in [1.807, 2.05) is 18.2 Å². The first-order valence-corrected chi connectivity index (χ1v) is 4.08. The third kappa shape index (κ3) is 2.35. The molecule has 1 atom stereocenters. The lowest BCUT2D eigenvalue weighted by molar-refractivity contribution is 0.657. The summed E-state index contributed by atoms with van der Waals surface area (Å²) >= 11 is 0. The third-order valence-electron chi connectivity index (χ3n) is 1.79. The van der Waals surface area contributed by atoms with Gasteiger partial charge in [0, 0.05) is 0 Å². The predicted octanol–water partition coefficient (Wildman–Crippen LogP) is 2.17. The zero-order valence-electron chi connectivity index (χ0n) is 6.96. The van der Waals surface area contributed by atoms with Crippen LogP contribution in [0, 0.1) is 0 Å². The summed E-state index contributed by atoms with van der Waals surface area (Å²) in [4.78, 5) is 0. The molecule has 60 valence electrons. The van der Waals surface area contributed by atoms with E-state index >= 15 is 0 Å². The van der Waals surface area contributed by atoms with E-state index in [0.717, 1.165) is 12.8 Å². The molecule has 0 spiro atoms. The molecule has 0 radical (unpaired) electrons. The minimum atomic E-state index is -0.217. The van der Waals surface area contributed by atoms with Crippen LogP contribution in [-0.2, 0) is 0 Å². The standard InChI is InChI=1S/C10H15N/c1-2-3-7-10(11)8-5-4-6-9-10/h3-8H,2,9,11H2,1H3. The Morgan fingerprint density at radius 3 is 2.91 bits per heavy atom. The van der Waals surface area contributed by atoms with Crippen LogP contribution >= 0.6 is 0 Å². The SMILES string of the molecule is CCC=CC1(N)C=CC=CC1. The number of allylic oxidation sites excluding steroid dienone is 3. The molecule has 1 aliphatic rings. The van der Waals surface area contributed by atoms with E-state index < -0.39 is 0 Å². The summed E-state index contributed by atoms with van der Waals surface area (Å²) in [6.07, 6.45) is 14.3. The summed E-state index contributed by atoms with van der Waals surface area (Å²) in [6, 6.07) is 0. The van der Waals surface area contributed by atoms with Crippen LogP contribution in [0.5, 0.6) is 0 Å². The second-order valence-corrected chi connectivity index (χ2v) is 2.91. The van der Waals surface area contributed by atoms with Crippen LogP contribution in [-0.4, -0.2) is 5.54 Å². The van der Waals surface area contributed by atoms with Crippen molar-refractivity contribution in [2.75, 3.05) is 0 Å². The zero-order chi connectivity index (χ0) is 8.16. The van der Waals surface area contributed by atoms with Crippen LogP contribution in [0.25, 0.3) is 0 Å². The number of rotatable bonds is 2. The maximum atomic E-state index is 6.02. The average Bonchev–Trinajstić information content (AvgIpc) is 2.03. The first kappa shape index (κ1) is 8.28. The van der Waals surface area contributed by atoms with Crippen LogP contribution < -0.4 is 5.73 Å². The predicted molar refractivity (Wildman–Crippen MR) is 49.2 cm³/mol. The second-order valence-electron chi connectivity index (χ2n) is 2.91.